The number of ether oxygens (including phenoxy) is 12. The number of nitrogens with one attached hydrogen (secondary N) is 1. The van der Waals surface area contributed by atoms with Gasteiger partial charge < -0.3 is 67.3 Å². The first kappa shape index (κ1) is 52.5. The highest BCUT2D eigenvalue weighted by molar-refractivity contribution is 5.77. The number of unbranched alkanes of at least 4 members (excludes halogenated alkanes) is 9. The van der Waals surface area contributed by atoms with E-state index in [1.54, 1.807) is 0 Å². The summed E-state index contributed by atoms with van der Waals surface area (Å²) in [5.41, 5.74) is 0. The molecule has 2 N–H and O–H groups in total. The van der Waals surface area contributed by atoms with Crippen LogP contribution < -0.4 is 5.32 Å². The van der Waals surface area contributed by atoms with E-state index >= 15 is 0 Å². The number of amides is 1. The van der Waals surface area contributed by atoms with Crippen molar-refractivity contribution in [1.29, 1.82) is 0 Å². The summed E-state index contributed by atoms with van der Waals surface area (Å²) in [5, 5.41) is 11.0. The van der Waals surface area contributed by atoms with Crippen molar-refractivity contribution in [3.8, 4) is 0 Å². The second-order valence-corrected chi connectivity index (χ2v) is 12.2. The molecule has 0 aromatic carbocycles. The van der Waals surface area contributed by atoms with E-state index in [1.165, 1.54) is 57.8 Å². The monoisotopic (exact) mass is 786 g/mol. The molecule has 1 amide bonds. The molecule has 0 aromatic rings. The molecule has 16 nitrogen and oxygen atoms in total. The molecule has 0 heterocycles. The SMILES string of the molecule is CCCCCCCCCCCCOCCOCCOCCOCCOCCOCCOCCOCCOCCOCCOCCNC(=O)COCC(=O)O. The van der Waals surface area contributed by atoms with Gasteiger partial charge in [-0.25, -0.2) is 4.79 Å². The average Bonchev–Trinajstić information content (AvgIpc) is 3.16. The first-order valence-corrected chi connectivity index (χ1v) is 20.1. The van der Waals surface area contributed by atoms with Crippen molar-refractivity contribution in [2.45, 2.75) is 71.1 Å². The standard InChI is InChI=1S/C38H75NO15/c1-2-3-4-5-6-7-8-9-10-11-13-43-15-17-45-19-21-47-23-25-49-27-29-51-31-33-53-34-32-52-30-28-50-26-24-48-22-20-46-18-16-44-14-12-39-37(40)35-54-36-38(41)42/h2-36H2,1H3,(H,39,40)(H,41,42). The summed E-state index contributed by atoms with van der Waals surface area (Å²) in [6.45, 7) is 12.8. The van der Waals surface area contributed by atoms with Gasteiger partial charge in [-0.05, 0) is 6.42 Å². The number of hydrogen-bond acceptors (Lipinski definition) is 14. The molecule has 0 spiro atoms. The lowest BCUT2D eigenvalue weighted by molar-refractivity contribution is -0.143. The van der Waals surface area contributed by atoms with E-state index in [0.29, 0.717) is 145 Å². The maximum Gasteiger partial charge on any atom is 0.329 e. The highest BCUT2D eigenvalue weighted by Gasteiger charge is 2.03. The van der Waals surface area contributed by atoms with Gasteiger partial charge in [0, 0.05) is 13.2 Å². The zero-order valence-electron chi connectivity index (χ0n) is 33.4. The molecule has 0 saturated carbocycles. The molecular formula is C38H75NO15. The minimum Gasteiger partial charge on any atom is -0.480 e. The van der Waals surface area contributed by atoms with Crippen LogP contribution in [0.1, 0.15) is 71.1 Å². The molecule has 0 bridgehead atoms. The quantitative estimate of drug-likeness (QED) is 0.0859. The molecule has 0 fully saturated rings. The summed E-state index contributed by atoms with van der Waals surface area (Å²) in [4.78, 5) is 21.7. The van der Waals surface area contributed by atoms with Gasteiger partial charge in [0.2, 0.25) is 5.91 Å². The molecule has 0 radical (unpaired) electrons. The highest BCUT2D eigenvalue weighted by Crippen LogP contribution is 2.10. The van der Waals surface area contributed by atoms with Crippen molar-refractivity contribution in [2.24, 2.45) is 0 Å². The lowest BCUT2D eigenvalue weighted by Crippen LogP contribution is -2.31. The summed E-state index contributed by atoms with van der Waals surface area (Å²) >= 11 is 0. The number of rotatable bonds is 48. The highest BCUT2D eigenvalue weighted by atomic mass is 16.6. The first-order valence-electron chi connectivity index (χ1n) is 20.1. The number of carbonyl (C=O) groups excluding carboxylic acids is 1. The maximum absolute atomic E-state index is 11.4. The normalized spacial score (nSPS) is 11.4. The number of carboxylic acid groups (broad SMARTS) is 1. The summed E-state index contributed by atoms with van der Waals surface area (Å²) in [7, 11) is 0. The Morgan fingerprint density at radius 1 is 0.352 bits per heavy atom. The van der Waals surface area contributed by atoms with Crippen molar-refractivity contribution in [1.82, 2.24) is 5.32 Å². The smallest absolute Gasteiger partial charge is 0.329 e. The number of hydrogen-bond donors (Lipinski definition) is 2. The van der Waals surface area contributed by atoms with E-state index in [2.05, 4.69) is 17.0 Å². The Morgan fingerprint density at radius 2 is 0.630 bits per heavy atom. The summed E-state index contributed by atoms with van der Waals surface area (Å²) in [6.07, 6.45) is 13.3. The van der Waals surface area contributed by atoms with Crippen molar-refractivity contribution in [3.63, 3.8) is 0 Å². The van der Waals surface area contributed by atoms with Gasteiger partial charge in [-0.15, -0.1) is 0 Å². The van der Waals surface area contributed by atoms with E-state index in [-0.39, 0.29) is 6.61 Å². The van der Waals surface area contributed by atoms with E-state index in [9.17, 15) is 9.59 Å². The van der Waals surface area contributed by atoms with Crippen LogP contribution in [-0.2, 0) is 66.4 Å². The molecule has 16 heteroatoms. The van der Waals surface area contributed by atoms with Crippen LogP contribution in [0, 0.1) is 0 Å². The van der Waals surface area contributed by atoms with E-state index in [1.807, 2.05) is 0 Å². The van der Waals surface area contributed by atoms with Crippen molar-refractivity contribution in [3.05, 3.63) is 0 Å². The second kappa shape index (κ2) is 47.6. The van der Waals surface area contributed by atoms with E-state index in [4.69, 9.17) is 57.2 Å². The number of carboxylic acids is 1. The van der Waals surface area contributed by atoms with Crippen LogP contribution in [0.4, 0.5) is 0 Å². The fourth-order valence-electron chi connectivity index (χ4n) is 4.54. The van der Waals surface area contributed by atoms with Gasteiger partial charge in [0.05, 0.1) is 139 Å². The Morgan fingerprint density at radius 3 is 0.944 bits per heavy atom. The Bertz CT molecular complexity index is 754. The third-order valence-corrected chi connectivity index (χ3v) is 7.39. The number of carbonyl (C=O) groups is 2. The molecule has 0 aliphatic rings. The van der Waals surface area contributed by atoms with Crippen LogP contribution in [0.2, 0.25) is 0 Å². The fraction of sp³-hybridized carbons (Fsp3) is 0.947. The first-order chi connectivity index (χ1) is 26.7. The largest absolute Gasteiger partial charge is 0.480 e. The molecule has 0 saturated heterocycles. The van der Waals surface area contributed by atoms with Gasteiger partial charge in [0.15, 0.2) is 0 Å². The Hall–Kier alpha value is -1.54. The van der Waals surface area contributed by atoms with E-state index in [0.717, 1.165) is 13.0 Å². The van der Waals surface area contributed by atoms with Crippen molar-refractivity contribution < 1.29 is 71.5 Å². The van der Waals surface area contributed by atoms with Crippen LogP contribution in [0.25, 0.3) is 0 Å². The molecule has 322 valence electrons. The van der Waals surface area contributed by atoms with Gasteiger partial charge in [0.25, 0.3) is 0 Å². The third kappa shape index (κ3) is 48.5. The molecule has 0 rings (SSSR count). The second-order valence-electron chi connectivity index (χ2n) is 12.2. The molecule has 0 aliphatic carbocycles. The topological polar surface area (TPSA) is 177 Å². The summed E-state index contributed by atoms with van der Waals surface area (Å²) in [5.74, 6) is -1.52. The van der Waals surface area contributed by atoms with Crippen molar-refractivity contribution >= 4 is 11.9 Å². The van der Waals surface area contributed by atoms with Crippen LogP contribution in [0.15, 0.2) is 0 Å². The summed E-state index contributed by atoms with van der Waals surface area (Å²) in [6, 6.07) is 0. The van der Waals surface area contributed by atoms with Crippen LogP contribution in [-0.4, -0.2) is 182 Å². The molecule has 0 atom stereocenters. The van der Waals surface area contributed by atoms with Crippen LogP contribution in [0.5, 0.6) is 0 Å². The molecule has 54 heavy (non-hydrogen) atoms. The van der Waals surface area contributed by atoms with Gasteiger partial charge in [-0.3, -0.25) is 4.79 Å². The van der Waals surface area contributed by atoms with Gasteiger partial charge >= 0.3 is 5.97 Å². The maximum atomic E-state index is 11.4. The predicted molar refractivity (Wildman–Crippen MR) is 202 cm³/mol. The third-order valence-electron chi connectivity index (χ3n) is 7.39. The summed E-state index contributed by atoms with van der Waals surface area (Å²) < 4.78 is 65.0. The van der Waals surface area contributed by atoms with E-state index < -0.39 is 18.5 Å². The van der Waals surface area contributed by atoms with Crippen LogP contribution in [0.3, 0.4) is 0 Å². The van der Waals surface area contributed by atoms with Gasteiger partial charge in [0.1, 0.15) is 13.2 Å². The lowest BCUT2D eigenvalue weighted by Gasteiger charge is -2.09. The van der Waals surface area contributed by atoms with Crippen LogP contribution >= 0.6 is 0 Å². The number of aliphatic carboxylic acids is 1. The van der Waals surface area contributed by atoms with Gasteiger partial charge in [-0.1, -0.05) is 64.7 Å². The minimum absolute atomic E-state index is 0.300. The minimum atomic E-state index is -1.12. The average molecular weight is 786 g/mol. The zero-order valence-corrected chi connectivity index (χ0v) is 33.4. The fourth-order valence-corrected chi connectivity index (χ4v) is 4.54. The predicted octanol–water partition coefficient (Wildman–Crippen LogP) is 3.31. The molecule has 0 unspecified atom stereocenters. The molecular weight excluding hydrogens is 710 g/mol. The molecule has 0 aromatic heterocycles. The zero-order chi connectivity index (χ0) is 39.1. The van der Waals surface area contributed by atoms with Gasteiger partial charge in [-0.2, -0.15) is 0 Å². The Labute approximate surface area is 324 Å². The lowest BCUT2D eigenvalue weighted by atomic mass is 10.1. The Kier molecular flexibility index (Phi) is 46.3. The molecule has 0 aliphatic heterocycles. The Balaban J connectivity index is 3.09. The van der Waals surface area contributed by atoms with Crippen molar-refractivity contribution in [2.75, 3.05) is 165 Å².